The van der Waals surface area contributed by atoms with Crippen molar-refractivity contribution < 1.29 is 23.9 Å². The van der Waals surface area contributed by atoms with Crippen molar-refractivity contribution in [2.45, 2.75) is 25.5 Å². The standard InChI is InChI=1S/C24H20N2O5S/c27-21(26-18-7-3-1-5-16(18)23(28)25-15-9-10-15)13-31-24(29)20-11-14-12-30-19-8-4-2-6-17(19)22(14)32-20/h1-8,11,15H,9-10,12-13H2,(H,25,28)(H,26,27). The quantitative estimate of drug-likeness (QED) is 0.556. The third-order valence-electron chi connectivity index (χ3n) is 5.22. The maximum absolute atomic E-state index is 12.5. The molecule has 1 aliphatic heterocycles. The first-order valence-electron chi connectivity index (χ1n) is 10.3. The highest BCUT2D eigenvalue weighted by Gasteiger charge is 2.26. The van der Waals surface area contributed by atoms with Gasteiger partial charge in [0, 0.05) is 22.0 Å². The second kappa shape index (κ2) is 8.47. The van der Waals surface area contributed by atoms with Crippen LogP contribution < -0.4 is 15.4 Å². The van der Waals surface area contributed by atoms with E-state index in [2.05, 4.69) is 10.6 Å². The predicted molar refractivity (Wildman–Crippen MR) is 120 cm³/mol. The number of anilines is 1. The molecule has 8 heteroatoms. The molecular formula is C24H20N2O5S. The first-order valence-corrected chi connectivity index (χ1v) is 11.1. The fourth-order valence-corrected chi connectivity index (χ4v) is 4.56. The number of hydrogen-bond donors (Lipinski definition) is 2. The van der Waals surface area contributed by atoms with Crippen LogP contribution in [0.25, 0.3) is 10.4 Å². The number of nitrogens with one attached hydrogen (secondary N) is 2. The molecule has 0 bridgehead atoms. The highest BCUT2D eigenvalue weighted by Crippen LogP contribution is 2.42. The number of thiophene rings is 1. The van der Waals surface area contributed by atoms with Gasteiger partial charge in [0.1, 0.15) is 17.2 Å². The van der Waals surface area contributed by atoms with Gasteiger partial charge in [-0.3, -0.25) is 9.59 Å². The lowest BCUT2D eigenvalue weighted by atomic mass is 10.1. The number of hydrogen-bond acceptors (Lipinski definition) is 6. The summed E-state index contributed by atoms with van der Waals surface area (Å²) in [7, 11) is 0. The summed E-state index contributed by atoms with van der Waals surface area (Å²) < 4.78 is 10.9. The fourth-order valence-electron chi connectivity index (χ4n) is 3.47. The number of carbonyl (C=O) groups excluding carboxylic acids is 3. The molecule has 2 aliphatic rings. The van der Waals surface area contributed by atoms with E-state index in [1.54, 1.807) is 30.3 Å². The summed E-state index contributed by atoms with van der Waals surface area (Å²) in [6, 6.07) is 16.4. The van der Waals surface area contributed by atoms with Crippen molar-refractivity contribution in [2.24, 2.45) is 0 Å². The van der Waals surface area contributed by atoms with Crippen molar-refractivity contribution in [1.29, 1.82) is 0 Å². The SMILES string of the molecule is O=C(COC(=O)c1cc2c(s1)-c1ccccc1OC2)Nc1ccccc1C(=O)NC1CC1. The van der Waals surface area contributed by atoms with Gasteiger partial charge in [-0.2, -0.15) is 0 Å². The summed E-state index contributed by atoms with van der Waals surface area (Å²) in [4.78, 5) is 38.7. The smallest absolute Gasteiger partial charge is 0.348 e. The molecule has 7 nitrogen and oxygen atoms in total. The summed E-state index contributed by atoms with van der Waals surface area (Å²) in [5.41, 5.74) is 2.62. The van der Waals surface area contributed by atoms with Gasteiger partial charge in [-0.05, 0) is 43.2 Å². The second-order valence-corrected chi connectivity index (χ2v) is 8.72. The van der Waals surface area contributed by atoms with Gasteiger partial charge in [0.15, 0.2) is 6.61 Å². The molecule has 1 aliphatic carbocycles. The maximum atomic E-state index is 12.5. The van der Waals surface area contributed by atoms with Crippen LogP contribution in [0.15, 0.2) is 54.6 Å². The van der Waals surface area contributed by atoms with Crippen LogP contribution in [-0.2, 0) is 16.1 Å². The monoisotopic (exact) mass is 448 g/mol. The highest BCUT2D eigenvalue weighted by atomic mass is 32.1. The van der Waals surface area contributed by atoms with Gasteiger partial charge in [0.2, 0.25) is 0 Å². The lowest BCUT2D eigenvalue weighted by Crippen LogP contribution is -2.27. The predicted octanol–water partition coefficient (Wildman–Crippen LogP) is 4.00. The average molecular weight is 449 g/mol. The number of fused-ring (bicyclic) bond motifs is 3. The Balaban J connectivity index is 1.22. The fraction of sp³-hybridized carbons (Fsp3) is 0.208. The number of para-hydroxylation sites is 2. The zero-order valence-electron chi connectivity index (χ0n) is 17.1. The van der Waals surface area contributed by atoms with Crippen molar-refractivity contribution in [3.05, 3.63) is 70.6 Å². The van der Waals surface area contributed by atoms with Crippen LogP contribution in [0.2, 0.25) is 0 Å². The Morgan fingerprint density at radius 1 is 1.06 bits per heavy atom. The molecule has 0 unspecified atom stereocenters. The molecule has 1 aromatic heterocycles. The van der Waals surface area contributed by atoms with Crippen LogP contribution in [-0.4, -0.2) is 30.4 Å². The number of carbonyl (C=O) groups is 3. The van der Waals surface area contributed by atoms with Crippen molar-refractivity contribution in [3.63, 3.8) is 0 Å². The Bertz CT molecular complexity index is 1210. The molecule has 0 spiro atoms. The lowest BCUT2D eigenvalue weighted by molar-refractivity contribution is -0.119. The molecule has 5 rings (SSSR count). The second-order valence-electron chi connectivity index (χ2n) is 7.67. The largest absolute Gasteiger partial charge is 0.488 e. The van der Waals surface area contributed by atoms with E-state index in [1.165, 1.54) is 11.3 Å². The van der Waals surface area contributed by atoms with Crippen molar-refractivity contribution in [2.75, 3.05) is 11.9 Å². The Labute approximate surface area is 188 Å². The Morgan fingerprint density at radius 2 is 1.84 bits per heavy atom. The topological polar surface area (TPSA) is 93.7 Å². The van der Waals surface area contributed by atoms with Gasteiger partial charge in [-0.1, -0.05) is 24.3 Å². The summed E-state index contributed by atoms with van der Waals surface area (Å²) in [6.45, 7) is -0.0661. The van der Waals surface area contributed by atoms with Crippen molar-refractivity contribution in [3.8, 4) is 16.2 Å². The number of benzene rings is 2. The highest BCUT2D eigenvalue weighted by molar-refractivity contribution is 7.17. The van der Waals surface area contributed by atoms with Crippen molar-refractivity contribution in [1.82, 2.24) is 5.32 Å². The molecule has 0 saturated heterocycles. The van der Waals surface area contributed by atoms with Crippen molar-refractivity contribution >= 4 is 34.8 Å². The van der Waals surface area contributed by atoms with Crippen LogP contribution in [0.3, 0.4) is 0 Å². The van der Waals surface area contributed by atoms with Crippen LogP contribution in [0.4, 0.5) is 5.69 Å². The van der Waals surface area contributed by atoms with Crippen LogP contribution in [0.1, 0.15) is 38.4 Å². The molecule has 0 atom stereocenters. The van der Waals surface area contributed by atoms with Gasteiger partial charge in [0.05, 0.1) is 11.3 Å². The molecule has 32 heavy (non-hydrogen) atoms. The minimum atomic E-state index is -0.572. The summed E-state index contributed by atoms with van der Waals surface area (Å²) in [5.74, 6) is -0.533. The number of rotatable bonds is 6. The van der Waals surface area contributed by atoms with Gasteiger partial charge in [-0.25, -0.2) is 4.79 Å². The molecule has 162 valence electrons. The third-order valence-corrected chi connectivity index (χ3v) is 6.41. The summed E-state index contributed by atoms with van der Waals surface area (Å²) in [5, 5.41) is 5.56. The summed E-state index contributed by atoms with van der Waals surface area (Å²) in [6.07, 6.45) is 1.94. The molecule has 1 saturated carbocycles. The molecule has 3 aromatic rings. The van der Waals surface area contributed by atoms with E-state index >= 15 is 0 Å². The average Bonchev–Trinajstić information content (AvgIpc) is 3.51. The van der Waals surface area contributed by atoms with Gasteiger partial charge in [0.25, 0.3) is 11.8 Å². The molecular weight excluding hydrogens is 428 g/mol. The van der Waals surface area contributed by atoms with Crippen LogP contribution in [0, 0.1) is 0 Å². The van der Waals surface area contributed by atoms with E-state index in [4.69, 9.17) is 9.47 Å². The van der Waals surface area contributed by atoms with E-state index in [0.717, 1.165) is 34.6 Å². The number of esters is 1. The van der Waals surface area contributed by atoms with Crippen LogP contribution >= 0.6 is 11.3 Å². The van der Waals surface area contributed by atoms with Crippen LogP contribution in [0.5, 0.6) is 5.75 Å². The van der Waals surface area contributed by atoms with Gasteiger partial charge < -0.3 is 20.1 Å². The van der Waals surface area contributed by atoms with E-state index < -0.39 is 18.5 Å². The Hall–Kier alpha value is -3.65. The Morgan fingerprint density at radius 3 is 2.69 bits per heavy atom. The first-order chi connectivity index (χ1) is 15.6. The third kappa shape index (κ3) is 4.22. The molecule has 2 N–H and O–H groups in total. The molecule has 2 heterocycles. The molecule has 2 aromatic carbocycles. The number of ether oxygens (including phenoxy) is 2. The van der Waals surface area contributed by atoms with E-state index in [-0.39, 0.29) is 11.9 Å². The van der Waals surface area contributed by atoms with Gasteiger partial charge >= 0.3 is 5.97 Å². The maximum Gasteiger partial charge on any atom is 0.348 e. The summed E-state index contributed by atoms with van der Waals surface area (Å²) >= 11 is 1.32. The zero-order valence-corrected chi connectivity index (χ0v) is 17.9. The number of amides is 2. The molecule has 2 amide bonds. The molecule has 0 radical (unpaired) electrons. The van der Waals surface area contributed by atoms with E-state index in [1.807, 2.05) is 24.3 Å². The van der Waals surface area contributed by atoms with E-state index in [0.29, 0.717) is 22.7 Å². The first kappa shape index (κ1) is 20.3. The minimum Gasteiger partial charge on any atom is -0.488 e. The Kier molecular flexibility index (Phi) is 5.36. The van der Waals surface area contributed by atoms with E-state index in [9.17, 15) is 14.4 Å². The lowest BCUT2D eigenvalue weighted by Gasteiger charge is -2.16. The minimum absolute atomic E-state index is 0.209. The molecule has 1 fully saturated rings. The zero-order chi connectivity index (χ0) is 22.1. The normalized spacial score (nSPS) is 13.9. The van der Waals surface area contributed by atoms with Gasteiger partial charge in [-0.15, -0.1) is 11.3 Å².